The molecule has 1 fully saturated rings. The quantitative estimate of drug-likeness (QED) is 0.745. The maximum absolute atomic E-state index is 11.6. The van der Waals surface area contributed by atoms with Crippen LogP contribution in [0.25, 0.3) is 0 Å². The minimum Gasteiger partial charge on any atom is -0.444 e. The van der Waals surface area contributed by atoms with Gasteiger partial charge in [-0.3, -0.25) is 0 Å². The molecule has 16 heavy (non-hydrogen) atoms. The van der Waals surface area contributed by atoms with Crippen molar-refractivity contribution in [3.63, 3.8) is 0 Å². The Kier molecular flexibility index (Phi) is 2.64. The number of carbonyl (C=O) groups is 1. The fourth-order valence-electron chi connectivity index (χ4n) is 2.08. The lowest BCUT2D eigenvalue weighted by Gasteiger charge is -2.28. The summed E-state index contributed by atoms with van der Waals surface area (Å²) in [6.45, 7) is 5.58. The second-order valence-electron chi connectivity index (χ2n) is 5.62. The fourth-order valence-corrected chi connectivity index (χ4v) is 2.08. The summed E-state index contributed by atoms with van der Waals surface area (Å²) in [5.74, 6) is 0. The van der Waals surface area contributed by atoms with E-state index in [2.05, 4.69) is 15.5 Å². The molecule has 2 aliphatic rings. The van der Waals surface area contributed by atoms with E-state index in [0.29, 0.717) is 0 Å². The summed E-state index contributed by atoms with van der Waals surface area (Å²) >= 11 is 0. The van der Waals surface area contributed by atoms with E-state index in [1.54, 1.807) is 0 Å². The molecule has 0 radical (unpaired) electrons. The second-order valence-corrected chi connectivity index (χ2v) is 5.62. The molecule has 1 saturated carbocycles. The smallest absolute Gasteiger partial charge is 0.407 e. The summed E-state index contributed by atoms with van der Waals surface area (Å²) in [7, 11) is 0. The molecular formula is C11H19N3O2. The highest BCUT2D eigenvalue weighted by Crippen LogP contribution is 2.42. The fraction of sp³-hybridized carbons (Fsp3) is 0.909. The molecule has 1 N–H and O–H groups in total. The first-order valence-electron chi connectivity index (χ1n) is 5.82. The molecule has 1 atom stereocenters. The highest BCUT2D eigenvalue weighted by molar-refractivity contribution is 5.68. The molecule has 2 rings (SSSR count). The van der Waals surface area contributed by atoms with Crippen molar-refractivity contribution in [2.24, 2.45) is 10.2 Å². The molecule has 90 valence electrons. The molecule has 0 saturated heterocycles. The first-order valence-corrected chi connectivity index (χ1v) is 5.82. The number of hydrogen-bond acceptors (Lipinski definition) is 4. The molecule has 0 aromatic carbocycles. The molecule has 5 heteroatoms. The van der Waals surface area contributed by atoms with Gasteiger partial charge in [0, 0.05) is 12.5 Å². The van der Waals surface area contributed by atoms with Crippen LogP contribution in [-0.2, 0) is 4.74 Å². The van der Waals surface area contributed by atoms with Gasteiger partial charge in [-0.1, -0.05) is 0 Å². The third-order valence-electron chi connectivity index (χ3n) is 2.81. The zero-order chi connectivity index (χ0) is 11.8. The summed E-state index contributed by atoms with van der Waals surface area (Å²) in [5, 5.41) is 11.0. The second kappa shape index (κ2) is 3.71. The average Bonchev–Trinajstić information content (AvgIpc) is 2.81. The maximum Gasteiger partial charge on any atom is 0.407 e. The van der Waals surface area contributed by atoms with Crippen molar-refractivity contribution < 1.29 is 9.53 Å². The van der Waals surface area contributed by atoms with Crippen molar-refractivity contribution >= 4 is 6.09 Å². The number of nitrogens with one attached hydrogen (secondary N) is 1. The number of nitrogens with zero attached hydrogens (tertiary/aromatic N) is 2. The van der Waals surface area contributed by atoms with Crippen molar-refractivity contribution in [3.8, 4) is 0 Å². The van der Waals surface area contributed by atoms with E-state index in [-0.39, 0.29) is 17.8 Å². The van der Waals surface area contributed by atoms with Gasteiger partial charge in [0.05, 0.1) is 0 Å². The van der Waals surface area contributed by atoms with E-state index < -0.39 is 5.60 Å². The summed E-state index contributed by atoms with van der Waals surface area (Å²) < 4.78 is 5.22. The normalized spacial score (nSPS) is 26.6. The maximum atomic E-state index is 11.6. The first-order chi connectivity index (χ1) is 7.39. The van der Waals surface area contributed by atoms with Crippen LogP contribution >= 0.6 is 0 Å². The van der Waals surface area contributed by atoms with Crippen LogP contribution in [0.15, 0.2) is 10.2 Å². The Hall–Kier alpha value is -1.13. The van der Waals surface area contributed by atoms with Gasteiger partial charge in [0.1, 0.15) is 5.60 Å². The Morgan fingerprint density at radius 2 is 2.12 bits per heavy atom. The molecule has 5 nitrogen and oxygen atoms in total. The number of rotatable bonds is 1. The van der Waals surface area contributed by atoms with Crippen molar-refractivity contribution in [1.29, 1.82) is 0 Å². The standard InChI is InChI=1S/C11H19N3O2/c1-10(2,3)16-9(15)12-8-5-4-6-11(7-8)13-14-11/h8H,4-7H2,1-3H3,(H,12,15). The number of ether oxygens (including phenoxy) is 1. The van der Waals surface area contributed by atoms with Gasteiger partial charge in [-0.25, -0.2) is 4.79 Å². The minimum absolute atomic E-state index is 0.151. The van der Waals surface area contributed by atoms with Gasteiger partial charge in [-0.2, -0.15) is 10.2 Å². The van der Waals surface area contributed by atoms with Crippen LogP contribution < -0.4 is 5.32 Å². The zero-order valence-electron chi connectivity index (χ0n) is 10.1. The van der Waals surface area contributed by atoms with Crippen molar-refractivity contribution in [2.45, 2.75) is 63.8 Å². The predicted octanol–water partition coefficient (Wildman–Crippen LogP) is 2.62. The lowest BCUT2D eigenvalue weighted by Crippen LogP contribution is -2.43. The lowest BCUT2D eigenvalue weighted by molar-refractivity contribution is 0.0488. The van der Waals surface area contributed by atoms with Gasteiger partial charge >= 0.3 is 6.09 Å². The molecule has 0 bridgehead atoms. The Morgan fingerprint density at radius 3 is 2.69 bits per heavy atom. The van der Waals surface area contributed by atoms with Crippen molar-refractivity contribution in [3.05, 3.63) is 0 Å². The van der Waals surface area contributed by atoms with Gasteiger partial charge < -0.3 is 10.1 Å². The molecule has 0 aromatic heterocycles. The Morgan fingerprint density at radius 1 is 1.44 bits per heavy atom. The van der Waals surface area contributed by atoms with E-state index in [9.17, 15) is 4.79 Å². The van der Waals surface area contributed by atoms with Crippen LogP contribution in [0.1, 0.15) is 46.5 Å². The number of carbonyl (C=O) groups excluding carboxylic acids is 1. The Balaban J connectivity index is 1.78. The zero-order valence-corrected chi connectivity index (χ0v) is 10.1. The van der Waals surface area contributed by atoms with Crippen LogP contribution in [0.4, 0.5) is 4.79 Å². The van der Waals surface area contributed by atoms with Crippen molar-refractivity contribution in [1.82, 2.24) is 5.32 Å². The molecular weight excluding hydrogens is 206 g/mol. The van der Waals surface area contributed by atoms with E-state index in [1.165, 1.54) is 0 Å². The highest BCUT2D eigenvalue weighted by atomic mass is 16.6. The minimum atomic E-state index is -0.440. The van der Waals surface area contributed by atoms with Gasteiger partial charge in [-0.15, -0.1) is 0 Å². The summed E-state index contributed by atoms with van der Waals surface area (Å²) in [6, 6.07) is 0.151. The molecule has 1 spiro atoms. The summed E-state index contributed by atoms with van der Waals surface area (Å²) in [6.07, 6.45) is 3.57. The number of hydrogen-bond donors (Lipinski definition) is 1. The number of alkyl carbamates (subject to hydrolysis) is 1. The molecule has 1 aliphatic carbocycles. The molecule has 1 aliphatic heterocycles. The lowest BCUT2D eigenvalue weighted by atomic mass is 9.88. The molecule has 1 heterocycles. The van der Waals surface area contributed by atoms with Crippen LogP contribution in [0.3, 0.4) is 0 Å². The molecule has 0 aromatic rings. The largest absolute Gasteiger partial charge is 0.444 e. The van der Waals surface area contributed by atoms with Gasteiger partial charge in [-0.05, 0) is 40.0 Å². The predicted molar refractivity (Wildman–Crippen MR) is 59.2 cm³/mol. The van der Waals surface area contributed by atoms with E-state index in [4.69, 9.17) is 4.74 Å². The average molecular weight is 225 g/mol. The van der Waals surface area contributed by atoms with Gasteiger partial charge in [0.25, 0.3) is 0 Å². The molecule has 1 unspecified atom stereocenters. The van der Waals surface area contributed by atoms with E-state index in [0.717, 1.165) is 25.7 Å². The first kappa shape index (κ1) is 11.4. The van der Waals surface area contributed by atoms with Crippen LogP contribution in [0.2, 0.25) is 0 Å². The van der Waals surface area contributed by atoms with Crippen LogP contribution in [0.5, 0.6) is 0 Å². The van der Waals surface area contributed by atoms with Crippen LogP contribution in [0, 0.1) is 0 Å². The van der Waals surface area contributed by atoms with Gasteiger partial charge in [0.2, 0.25) is 0 Å². The highest BCUT2D eigenvalue weighted by Gasteiger charge is 2.44. The van der Waals surface area contributed by atoms with E-state index >= 15 is 0 Å². The Bertz CT molecular complexity index is 314. The number of amides is 1. The van der Waals surface area contributed by atoms with Crippen molar-refractivity contribution in [2.75, 3.05) is 0 Å². The summed E-state index contributed by atoms with van der Waals surface area (Å²) in [4.78, 5) is 11.6. The van der Waals surface area contributed by atoms with Gasteiger partial charge in [0.15, 0.2) is 5.66 Å². The summed E-state index contributed by atoms with van der Waals surface area (Å²) in [5.41, 5.74) is -0.595. The third-order valence-corrected chi connectivity index (χ3v) is 2.81. The van der Waals surface area contributed by atoms with Crippen LogP contribution in [-0.4, -0.2) is 23.4 Å². The monoisotopic (exact) mass is 225 g/mol. The Labute approximate surface area is 95.6 Å². The SMILES string of the molecule is CC(C)(C)OC(=O)NC1CCCC2(C1)N=N2. The third kappa shape index (κ3) is 2.93. The molecule has 1 amide bonds. The van der Waals surface area contributed by atoms with E-state index in [1.807, 2.05) is 20.8 Å². The topological polar surface area (TPSA) is 63.0 Å².